The molecule has 0 atom stereocenters. The summed E-state index contributed by atoms with van der Waals surface area (Å²) < 4.78 is 7.14. The number of aromatic nitrogens is 3. The molecule has 1 spiro atoms. The average Bonchev–Trinajstić information content (AvgIpc) is 3.48. The van der Waals surface area contributed by atoms with Gasteiger partial charge in [-0.2, -0.15) is 5.10 Å². The van der Waals surface area contributed by atoms with Crippen LogP contribution in [0.25, 0.3) is 11.1 Å². The number of carbonyl (C=O) groups is 1. The first-order valence-corrected chi connectivity index (χ1v) is 15.5. The number of anilines is 2. The molecule has 12 heteroatoms. The van der Waals surface area contributed by atoms with Crippen LogP contribution in [0.15, 0.2) is 42.9 Å². The minimum absolute atomic E-state index is 0.0371. The Kier molecular flexibility index (Phi) is 8.44. The van der Waals surface area contributed by atoms with Gasteiger partial charge in [0.1, 0.15) is 5.69 Å². The van der Waals surface area contributed by atoms with E-state index in [4.69, 9.17) is 9.84 Å². The normalized spacial score (nSPS) is 19.3. The number of nitro benzene ring substituents is 1. The molecule has 44 heavy (non-hydrogen) atoms. The van der Waals surface area contributed by atoms with Gasteiger partial charge in [-0.05, 0) is 75.1 Å². The SMILES string of the molecule is COc1cc(N2CCC(CN3CCC4(CC3)CCN(c3ccc(C(=O)O)nc3)CC4)CC2)c(-c2cnn(C)c2)cc1[N+](=O)[O-]. The van der Waals surface area contributed by atoms with E-state index in [0.29, 0.717) is 11.3 Å². The smallest absolute Gasteiger partial charge is 0.354 e. The Hall–Kier alpha value is -4.19. The zero-order valence-electron chi connectivity index (χ0n) is 25.5. The maximum Gasteiger partial charge on any atom is 0.354 e. The molecular formula is C32H41N7O5. The second-order valence-electron chi connectivity index (χ2n) is 12.6. The molecule has 0 bridgehead atoms. The van der Waals surface area contributed by atoms with Crippen LogP contribution in [0.5, 0.6) is 5.75 Å². The number of nitrogens with zero attached hydrogens (tertiary/aromatic N) is 7. The minimum Gasteiger partial charge on any atom is -0.490 e. The van der Waals surface area contributed by atoms with Crippen molar-refractivity contribution in [3.63, 3.8) is 0 Å². The van der Waals surface area contributed by atoms with Gasteiger partial charge < -0.3 is 24.5 Å². The molecule has 0 amide bonds. The molecule has 2 aromatic heterocycles. The van der Waals surface area contributed by atoms with Gasteiger partial charge in [0.05, 0.1) is 30.1 Å². The van der Waals surface area contributed by atoms with Crippen LogP contribution in [0, 0.1) is 21.4 Å². The molecule has 0 saturated carbocycles. The number of carboxylic acid groups (broad SMARTS) is 1. The molecule has 12 nitrogen and oxygen atoms in total. The molecule has 0 unspecified atom stereocenters. The van der Waals surface area contributed by atoms with Gasteiger partial charge in [-0.3, -0.25) is 14.8 Å². The number of aromatic carboxylic acids is 1. The van der Waals surface area contributed by atoms with E-state index in [-0.39, 0.29) is 22.1 Å². The zero-order chi connectivity index (χ0) is 30.8. The summed E-state index contributed by atoms with van der Waals surface area (Å²) in [5.74, 6) is -0.0857. The highest BCUT2D eigenvalue weighted by Crippen LogP contribution is 2.44. The summed E-state index contributed by atoms with van der Waals surface area (Å²) in [5, 5.41) is 25.2. The molecule has 3 aliphatic rings. The molecular weight excluding hydrogens is 562 g/mol. The quantitative estimate of drug-likeness (QED) is 0.286. The first-order chi connectivity index (χ1) is 21.2. The highest BCUT2D eigenvalue weighted by Gasteiger charge is 2.38. The van der Waals surface area contributed by atoms with Crippen molar-refractivity contribution in [1.29, 1.82) is 0 Å². The predicted octanol–water partition coefficient (Wildman–Crippen LogP) is 4.70. The number of hydrogen-bond acceptors (Lipinski definition) is 9. The van der Waals surface area contributed by atoms with Gasteiger partial charge in [0.15, 0.2) is 5.75 Å². The number of piperidine rings is 3. The van der Waals surface area contributed by atoms with Crippen molar-refractivity contribution >= 4 is 23.0 Å². The van der Waals surface area contributed by atoms with E-state index < -0.39 is 5.97 Å². The Labute approximate surface area is 257 Å². The number of nitro groups is 1. The molecule has 6 rings (SSSR count). The van der Waals surface area contributed by atoms with E-state index in [1.54, 1.807) is 29.2 Å². The van der Waals surface area contributed by atoms with Crippen molar-refractivity contribution < 1.29 is 19.6 Å². The van der Waals surface area contributed by atoms with Crippen LogP contribution in [0.3, 0.4) is 0 Å². The number of aryl methyl sites for hydroxylation is 1. The first-order valence-electron chi connectivity index (χ1n) is 15.5. The van der Waals surface area contributed by atoms with E-state index in [0.717, 1.165) is 94.0 Å². The molecule has 3 aromatic rings. The Bertz CT molecular complexity index is 1480. The second kappa shape index (κ2) is 12.4. The highest BCUT2D eigenvalue weighted by atomic mass is 16.6. The monoisotopic (exact) mass is 603 g/mol. The van der Waals surface area contributed by atoms with Crippen molar-refractivity contribution in [3.8, 4) is 16.9 Å². The Morgan fingerprint density at radius 1 is 1.05 bits per heavy atom. The van der Waals surface area contributed by atoms with Crippen molar-refractivity contribution in [3.05, 3.63) is 58.7 Å². The topological polar surface area (TPSA) is 130 Å². The molecule has 1 N–H and O–H groups in total. The summed E-state index contributed by atoms with van der Waals surface area (Å²) in [6.45, 7) is 7.17. The van der Waals surface area contributed by atoms with Crippen LogP contribution in [0.2, 0.25) is 0 Å². The van der Waals surface area contributed by atoms with Crippen LogP contribution >= 0.6 is 0 Å². The van der Waals surface area contributed by atoms with Crippen LogP contribution in [0.1, 0.15) is 49.0 Å². The highest BCUT2D eigenvalue weighted by molar-refractivity contribution is 5.85. The summed E-state index contributed by atoms with van der Waals surface area (Å²) in [6.07, 6.45) is 12.3. The first kappa shape index (κ1) is 29.9. The van der Waals surface area contributed by atoms with E-state index >= 15 is 0 Å². The summed E-state index contributed by atoms with van der Waals surface area (Å²) in [7, 11) is 3.33. The minimum atomic E-state index is -0.994. The molecule has 3 aliphatic heterocycles. The largest absolute Gasteiger partial charge is 0.490 e. The Balaban J connectivity index is 1.02. The van der Waals surface area contributed by atoms with E-state index in [1.165, 1.54) is 20.0 Å². The van der Waals surface area contributed by atoms with Gasteiger partial charge in [-0.25, -0.2) is 9.78 Å². The lowest BCUT2D eigenvalue weighted by molar-refractivity contribution is -0.385. The number of benzene rings is 1. The third kappa shape index (κ3) is 6.21. The molecule has 3 fully saturated rings. The summed E-state index contributed by atoms with van der Waals surface area (Å²) in [6, 6.07) is 6.91. The standard InChI is InChI=1S/C32H41N7O5/c1-35-22-24(19-34-35)26-17-29(39(42)43)30(44-2)18-28(26)38-11-5-23(6-12-38)21-36-13-7-32(8-14-36)9-15-37(16-10-32)25-3-4-27(31(40)41)33-20-25/h3-4,17-20,22-23H,5-16,21H2,1-2H3,(H,40,41). The van der Waals surface area contributed by atoms with Crippen molar-refractivity contribution in [2.24, 2.45) is 18.4 Å². The van der Waals surface area contributed by atoms with Gasteiger partial charge in [-0.15, -0.1) is 0 Å². The fraction of sp³-hybridized carbons (Fsp3) is 0.531. The molecule has 234 valence electrons. The predicted molar refractivity (Wildman–Crippen MR) is 168 cm³/mol. The van der Waals surface area contributed by atoms with Crippen molar-refractivity contribution in [2.45, 2.75) is 38.5 Å². The molecule has 0 radical (unpaired) electrons. The third-order valence-corrected chi connectivity index (χ3v) is 10.1. The van der Waals surface area contributed by atoms with Gasteiger partial charge in [0.25, 0.3) is 0 Å². The lowest BCUT2D eigenvalue weighted by Gasteiger charge is -2.48. The molecule has 0 aliphatic carbocycles. The Morgan fingerprint density at radius 3 is 2.32 bits per heavy atom. The lowest BCUT2D eigenvalue weighted by Crippen LogP contribution is -2.48. The second-order valence-corrected chi connectivity index (χ2v) is 12.6. The van der Waals surface area contributed by atoms with Gasteiger partial charge in [-0.1, -0.05) is 0 Å². The van der Waals surface area contributed by atoms with Crippen LogP contribution in [-0.4, -0.2) is 88.6 Å². The number of hydrogen-bond donors (Lipinski definition) is 1. The van der Waals surface area contributed by atoms with Crippen LogP contribution in [0.4, 0.5) is 17.1 Å². The van der Waals surface area contributed by atoms with E-state index in [2.05, 4.69) is 24.8 Å². The molecule has 3 saturated heterocycles. The number of methoxy groups -OCH3 is 1. The number of pyridine rings is 1. The zero-order valence-corrected chi connectivity index (χ0v) is 25.5. The van der Waals surface area contributed by atoms with Gasteiger partial charge in [0.2, 0.25) is 0 Å². The van der Waals surface area contributed by atoms with Crippen molar-refractivity contribution in [2.75, 3.05) is 62.7 Å². The maximum atomic E-state index is 11.8. The Morgan fingerprint density at radius 2 is 1.75 bits per heavy atom. The summed E-state index contributed by atoms with van der Waals surface area (Å²) in [4.78, 5) is 33.9. The maximum absolute atomic E-state index is 11.8. The lowest BCUT2D eigenvalue weighted by atomic mass is 9.71. The van der Waals surface area contributed by atoms with E-state index in [9.17, 15) is 14.9 Å². The fourth-order valence-corrected chi connectivity index (χ4v) is 7.29. The number of carboxylic acids is 1. The number of ether oxygens (including phenoxy) is 1. The molecule has 5 heterocycles. The van der Waals surface area contributed by atoms with E-state index in [1.807, 2.05) is 25.4 Å². The fourth-order valence-electron chi connectivity index (χ4n) is 7.29. The van der Waals surface area contributed by atoms with Gasteiger partial charge in [0, 0.05) is 74.9 Å². The van der Waals surface area contributed by atoms with Crippen molar-refractivity contribution in [1.82, 2.24) is 19.7 Å². The number of rotatable bonds is 8. The average molecular weight is 604 g/mol. The van der Waals surface area contributed by atoms with Crippen LogP contribution in [-0.2, 0) is 7.05 Å². The van der Waals surface area contributed by atoms with Crippen LogP contribution < -0.4 is 14.5 Å². The number of likely N-dealkylation sites (tertiary alicyclic amines) is 1. The summed E-state index contributed by atoms with van der Waals surface area (Å²) in [5.41, 5.74) is 4.09. The van der Waals surface area contributed by atoms with Gasteiger partial charge >= 0.3 is 11.7 Å². The summed E-state index contributed by atoms with van der Waals surface area (Å²) >= 11 is 0. The molecule has 1 aromatic carbocycles. The third-order valence-electron chi connectivity index (χ3n) is 10.1.